The van der Waals surface area contributed by atoms with Crippen molar-refractivity contribution in [3.8, 4) is 0 Å². The molecule has 9 heteroatoms. The highest BCUT2D eigenvalue weighted by Crippen LogP contribution is 2.28. The Morgan fingerprint density at radius 3 is 2.25 bits per heavy atom. The van der Waals surface area contributed by atoms with Crippen LogP contribution < -0.4 is 0 Å². The summed E-state index contributed by atoms with van der Waals surface area (Å²) in [6.45, 7) is 2.17. The third kappa shape index (κ3) is 3.20. The Labute approximate surface area is 89.6 Å². The molecule has 0 aromatic heterocycles. The minimum absolute atomic E-state index is 0.315. The number of halogens is 3. The van der Waals surface area contributed by atoms with E-state index in [0.717, 1.165) is 6.92 Å². The molecule has 0 radical (unpaired) electrons. The maximum absolute atomic E-state index is 12.8. The minimum Gasteiger partial charge on any atom is -0.448 e. The smallest absolute Gasteiger partial charge is 0.408 e. The van der Waals surface area contributed by atoms with Gasteiger partial charge in [-0.25, -0.2) is 9.18 Å². The zero-order valence-electron chi connectivity index (χ0n) is 8.11. The van der Waals surface area contributed by atoms with Crippen LogP contribution in [0, 0.1) is 0 Å². The zero-order valence-corrected chi connectivity index (χ0v) is 8.93. The largest absolute Gasteiger partial charge is 0.448 e. The molecule has 0 rings (SSSR count). The van der Waals surface area contributed by atoms with Gasteiger partial charge < -0.3 is 4.74 Å². The highest BCUT2D eigenvalue weighted by Gasteiger charge is 2.54. The Morgan fingerprint density at radius 1 is 1.56 bits per heavy atom. The molecule has 0 heterocycles. The Bertz CT molecular complexity index is 389. The molecule has 0 saturated carbocycles. The number of carbonyl (C=O) groups is 1. The molecule has 0 bridgehead atoms. The van der Waals surface area contributed by atoms with Gasteiger partial charge >= 0.3 is 21.3 Å². The fraction of sp³-hybridized carbons (Fsp3) is 0.571. The monoisotopic (exact) mass is 262 g/mol. The molecule has 0 aliphatic heterocycles. The van der Waals surface area contributed by atoms with Crippen molar-refractivity contribution in [1.82, 2.24) is 0 Å². The first-order valence-electron chi connectivity index (χ1n) is 3.81. The van der Waals surface area contributed by atoms with Crippen LogP contribution in [-0.2, 0) is 19.6 Å². The number of ether oxygens (including phenoxy) is 1. The number of esters is 1. The summed E-state index contributed by atoms with van der Waals surface area (Å²) < 4.78 is 70.3. The molecule has 0 amide bonds. The van der Waals surface area contributed by atoms with Gasteiger partial charge in [-0.05, 0) is 6.92 Å². The molecule has 0 aliphatic carbocycles. The van der Waals surface area contributed by atoms with Crippen LogP contribution >= 0.6 is 0 Å². The second-order valence-corrected chi connectivity index (χ2v) is 4.36. The van der Waals surface area contributed by atoms with Crippen LogP contribution in [0.25, 0.3) is 0 Å². The normalized spacial score (nSPS) is 14.3. The van der Waals surface area contributed by atoms with E-state index in [1.807, 2.05) is 0 Å². The van der Waals surface area contributed by atoms with E-state index in [1.54, 1.807) is 0 Å². The number of rotatable bonds is 5. The second kappa shape index (κ2) is 4.83. The van der Waals surface area contributed by atoms with E-state index in [-0.39, 0.29) is 5.57 Å². The number of carbonyl (C=O) groups excluding carboxylic acids is 1. The molecule has 94 valence electrons. The van der Waals surface area contributed by atoms with Gasteiger partial charge in [-0.15, -0.1) is 0 Å². The SMILES string of the molecule is C=C(C)C(=O)OC(CF)C(F)(F)S(=O)(=O)O. The average Bonchev–Trinajstić information content (AvgIpc) is 2.11. The summed E-state index contributed by atoms with van der Waals surface area (Å²) in [5, 5.41) is -4.91. The summed E-state index contributed by atoms with van der Waals surface area (Å²) in [4.78, 5) is 10.8. The van der Waals surface area contributed by atoms with E-state index >= 15 is 0 Å². The van der Waals surface area contributed by atoms with Crippen LogP contribution in [0.15, 0.2) is 12.2 Å². The maximum atomic E-state index is 12.8. The first-order valence-corrected chi connectivity index (χ1v) is 5.25. The molecule has 1 unspecified atom stereocenters. The van der Waals surface area contributed by atoms with Crippen LogP contribution in [0.5, 0.6) is 0 Å². The van der Waals surface area contributed by atoms with Crippen LogP contribution in [0.3, 0.4) is 0 Å². The van der Waals surface area contributed by atoms with Crippen molar-refractivity contribution in [3.05, 3.63) is 12.2 Å². The number of alkyl halides is 3. The lowest BCUT2D eigenvalue weighted by Crippen LogP contribution is -2.45. The minimum atomic E-state index is -5.87. The first kappa shape index (κ1) is 14.9. The van der Waals surface area contributed by atoms with E-state index in [1.165, 1.54) is 0 Å². The van der Waals surface area contributed by atoms with Crippen molar-refractivity contribution in [2.45, 2.75) is 18.3 Å². The third-order valence-corrected chi connectivity index (χ3v) is 2.41. The summed E-state index contributed by atoms with van der Waals surface area (Å²) in [5.41, 5.74) is -0.315. The summed E-state index contributed by atoms with van der Waals surface area (Å²) in [6.07, 6.45) is -2.91. The lowest BCUT2D eigenvalue weighted by molar-refractivity contribution is -0.158. The lowest BCUT2D eigenvalue weighted by Gasteiger charge is -2.21. The van der Waals surface area contributed by atoms with Gasteiger partial charge in [-0.3, -0.25) is 4.55 Å². The topological polar surface area (TPSA) is 80.7 Å². The zero-order chi connectivity index (χ0) is 13.1. The van der Waals surface area contributed by atoms with E-state index in [2.05, 4.69) is 11.3 Å². The van der Waals surface area contributed by atoms with Gasteiger partial charge in [-0.2, -0.15) is 17.2 Å². The Hall–Kier alpha value is -1.09. The third-order valence-electron chi connectivity index (χ3n) is 1.46. The molecule has 0 aliphatic rings. The molecule has 1 N–H and O–H groups in total. The quantitative estimate of drug-likeness (QED) is 0.453. The fourth-order valence-electron chi connectivity index (χ4n) is 0.586. The van der Waals surface area contributed by atoms with Gasteiger partial charge in [0.15, 0.2) is 0 Å². The lowest BCUT2D eigenvalue weighted by atomic mass is 10.3. The summed E-state index contributed by atoms with van der Waals surface area (Å²) in [5.74, 6) is -1.38. The molecular formula is C7H9F3O5S. The molecule has 0 aromatic carbocycles. The first-order chi connectivity index (χ1) is 7.04. The van der Waals surface area contributed by atoms with Gasteiger partial charge in [0.1, 0.15) is 6.67 Å². The summed E-state index contributed by atoms with van der Waals surface area (Å²) in [6, 6.07) is 0. The molecule has 0 spiro atoms. The predicted octanol–water partition coefficient (Wildman–Crippen LogP) is 0.924. The predicted molar refractivity (Wildman–Crippen MR) is 47.2 cm³/mol. The highest BCUT2D eigenvalue weighted by molar-refractivity contribution is 7.86. The average molecular weight is 262 g/mol. The van der Waals surface area contributed by atoms with E-state index in [9.17, 15) is 26.4 Å². The van der Waals surface area contributed by atoms with Crippen molar-refractivity contribution in [2.75, 3.05) is 6.67 Å². The molecule has 0 aromatic rings. The standard InChI is InChI=1S/C7H9F3O5S/c1-4(2)6(11)15-5(3-8)7(9,10)16(12,13)14/h5H,1,3H2,2H3,(H,12,13,14). The second-order valence-electron chi connectivity index (χ2n) is 2.87. The fourth-order valence-corrected chi connectivity index (χ4v) is 1.03. The highest BCUT2D eigenvalue weighted by atomic mass is 32.2. The van der Waals surface area contributed by atoms with Crippen molar-refractivity contribution in [3.63, 3.8) is 0 Å². The van der Waals surface area contributed by atoms with Gasteiger partial charge in [0, 0.05) is 5.57 Å². The molecule has 5 nitrogen and oxygen atoms in total. The molecule has 0 fully saturated rings. The Kier molecular flexibility index (Phi) is 4.50. The Morgan fingerprint density at radius 2 is 2.00 bits per heavy atom. The van der Waals surface area contributed by atoms with Crippen molar-refractivity contribution < 1.29 is 35.7 Å². The van der Waals surface area contributed by atoms with Gasteiger partial charge in [-0.1, -0.05) is 6.58 Å². The van der Waals surface area contributed by atoms with Crippen molar-refractivity contribution >= 4 is 16.1 Å². The van der Waals surface area contributed by atoms with Crippen LogP contribution in [0.2, 0.25) is 0 Å². The van der Waals surface area contributed by atoms with Gasteiger partial charge in [0.2, 0.25) is 6.10 Å². The molecule has 16 heavy (non-hydrogen) atoms. The van der Waals surface area contributed by atoms with Crippen LogP contribution in [-0.4, -0.2) is 37.0 Å². The van der Waals surface area contributed by atoms with Crippen LogP contribution in [0.4, 0.5) is 13.2 Å². The number of hydrogen-bond donors (Lipinski definition) is 1. The van der Waals surface area contributed by atoms with E-state index < -0.39 is 34.1 Å². The van der Waals surface area contributed by atoms with Crippen molar-refractivity contribution in [1.29, 1.82) is 0 Å². The van der Waals surface area contributed by atoms with Gasteiger partial charge in [0.05, 0.1) is 0 Å². The molecular weight excluding hydrogens is 253 g/mol. The van der Waals surface area contributed by atoms with Crippen LogP contribution in [0.1, 0.15) is 6.92 Å². The van der Waals surface area contributed by atoms with Gasteiger partial charge in [0.25, 0.3) is 0 Å². The molecule has 0 saturated heterocycles. The van der Waals surface area contributed by atoms with Crippen molar-refractivity contribution in [2.24, 2.45) is 0 Å². The van der Waals surface area contributed by atoms with E-state index in [4.69, 9.17) is 4.55 Å². The molecule has 1 atom stereocenters. The number of hydrogen-bond acceptors (Lipinski definition) is 4. The van der Waals surface area contributed by atoms with E-state index in [0.29, 0.717) is 0 Å². The summed E-state index contributed by atoms with van der Waals surface area (Å²) >= 11 is 0. The Balaban J connectivity index is 5.03. The summed E-state index contributed by atoms with van der Waals surface area (Å²) in [7, 11) is -5.87. The maximum Gasteiger partial charge on any atom is 0.408 e.